The van der Waals surface area contributed by atoms with Crippen molar-refractivity contribution in [2.75, 3.05) is 19.6 Å². The molecule has 0 aromatic carbocycles. The molecule has 1 aliphatic rings. The molecule has 0 radical (unpaired) electrons. The largest absolute Gasteiger partial charge is 0.353 e. The lowest BCUT2D eigenvalue weighted by Gasteiger charge is -2.34. The molecular formula is C12H24N4O2. The first-order valence-corrected chi connectivity index (χ1v) is 6.70. The summed E-state index contributed by atoms with van der Waals surface area (Å²) in [7, 11) is 0. The van der Waals surface area contributed by atoms with Gasteiger partial charge < -0.3 is 5.32 Å². The number of hydrogen-bond acceptors (Lipinski definition) is 4. The zero-order valence-electron chi connectivity index (χ0n) is 11.1. The van der Waals surface area contributed by atoms with E-state index in [4.69, 9.17) is 5.84 Å². The molecule has 0 spiro atoms. The Bertz CT molecular complexity index is 283. The van der Waals surface area contributed by atoms with Crippen molar-refractivity contribution in [2.45, 2.75) is 45.1 Å². The van der Waals surface area contributed by atoms with Crippen molar-refractivity contribution >= 4 is 11.8 Å². The highest BCUT2D eigenvalue weighted by atomic mass is 16.2. The second-order valence-corrected chi connectivity index (χ2v) is 4.63. The average molecular weight is 256 g/mol. The van der Waals surface area contributed by atoms with Gasteiger partial charge in [-0.25, -0.2) is 5.84 Å². The van der Waals surface area contributed by atoms with Crippen LogP contribution in [0.25, 0.3) is 0 Å². The number of amides is 2. The Kier molecular flexibility index (Phi) is 6.67. The molecule has 0 aliphatic carbocycles. The fourth-order valence-corrected chi connectivity index (χ4v) is 2.32. The van der Waals surface area contributed by atoms with Crippen molar-refractivity contribution in [3.05, 3.63) is 0 Å². The predicted molar refractivity (Wildman–Crippen MR) is 69.5 cm³/mol. The maximum atomic E-state index is 11.6. The summed E-state index contributed by atoms with van der Waals surface area (Å²) in [6, 6.07) is 0.0195. The Hall–Kier alpha value is -1.14. The van der Waals surface area contributed by atoms with Crippen LogP contribution >= 0.6 is 0 Å². The molecule has 2 amide bonds. The van der Waals surface area contributed by atoms with Crippen LogP contribution in [0.15, 0.2) is 0 Å². The zero-order chi connectivity index (χ0) is 13.4. The molecule has 1 aliphatic heterocycles. The number of carbonyl (C=O) groups is 2. The molecule has 1 heterocycles. The van der Waals surface area contributed by atoms with Crippen molar-refractivity contribution in [2.24, 2.45) is 5.84 Å². The zero-order valence-corrected chi connectivity index (χ0v) is 11.1. The van der Waals surface area contributed by atoms with Crippen LogP contribution in [0, 0.1) is 0 Å². The third-order valence-electron chi connectivity index (χ3n) is 3.34. The number of hydrazine groups is 1. The Morgan fingerprint density at radius 1 is 1.50 bits per heavy atom. The van der Waals surface area contributed by atoms with Gasteiger partial charge in [-0.2, -0.15) is 0 Å². The van der Waals surface area contributed by atoms with Gasteiger partial charge in [0.1, 0.15) is 0 Å². The van der Waals surface area contributed by atoms with Crippen LogP contribution in [0.5, 0.6) is 0 Å². The first kappa shape index (κ1) is 14.9. The van der Waals surface area contributed by atoms with Gasteiger partial charge in [-0.05, 0) is 25.8 Å². The summed E-state index contributed by atoms with van der Waals surface area (Å²) in [5.41, 5.74) is 2.12. The van der Waals surface area contributed by atoms with Crippen LogP contribution in [0.2, 0.25) is 0 Å². The van der Waals surface area contributed by atoms with Crippen LogP contribution in [0.3, 0.4) is 0 Å². The second kappa shape index (κ2) is 8.05. The number of unbranched alkanes of at least 4 members (excludes halogenated alkanes) is 2. The Morgan fingerprint density at radius 3 is 2.94 bits per heavy atom. The van der Waals surface area contributed by atoms with Crippen molar-refractivity contribution in [3.8, 4) is 0 Å². The van der Waals surface area contributed by atoms with E-state index in [9.17, 15) is 9.59 Å². The maximum absolute atomic E-state index is 11.6. The summed E-state index contributed by atoms with van der Waals surface area (Å²) in [5.74, 6) is 5.04. The maximum Gasteiger partial charge on any atom is 0.237 e. The molecule has 18 heavy (non-hydrogen) atoms. The monoisotopic (exact) mass is 256 g/mol. The molecule has 0 bridgehead atoms. The lowest BCUT2D eigenvalue weighted by Crippen LogP contribution is -2.55. The highest BCUT2D eigenvalue weighted by molar-refractivity contribution is 5.82. The molecular weight excluding hydrogens is 232 g/mol. The van der Waals surface area contributed by atoms with Crippen LogP contribution in [-0.2, 0) is 9.59 Å². The summed E-state index contributed by atoms with van der Waals surface area (Å²) in [5, 5.41) is 2.89. The Balaban J connectivity index is 2.17. The molecule has 4 N–H and O–H groups in total. The average Bonchev–Trinajstić information content (AvgIpc) is 2.38. The van der Waals surface area contributed by atoms with Gasteiger partial charge in [0.15, 0.2) is 0 Å². The molecule has 0 aromatic heterocycles. The lowest BCUT2D eigenvalue weighted by atomic mass is 10.1. The fourth-order valence-electron chi connectivity index (χ4n) is 2.32. The highest BCUT2D eigenvalue weighted by Crippen LogP contribution is 2.10. The molecule has 0 saturated carbocycles. The number of hydrogen-bond donors (Lipinski definition) is 3. The molecule has 1 atom stereocenters. The van der Waals surface area contributed by atoms with Crippen molar-refractivity contribution in [1.82, 2.24) is 15.6 Å². The highest BCUT2D eigenvalue weighted by Gasteiger charge is 2.27. The van der Waals surface area contributed by atoms with E-state index in [0.29, 0.717) is 6.42 Å². The standard InChI is InChI=1S/C12H24N4O2/c1-2-10-12(18)14-7-9-16(10)8-5-3-4-6-11(17)15-13/h10H,2-9,13H2,1H3,(H,14,18)(H,15,17). The van der Waals surface area contributed by atoms with E-state index >= 15 is 0 Å². The van der Waals surface area contributed by atoms with E-state index in [2.05, 4.69) is 15.6 Å². The normalized spacial score (nSPS) is 20.6. The third kappa shape index (κ3) is 4.62. The van der Waals surface area contributed by atoms with Crippen LogP contribution in [-0.4, -0.2) is 42.4 Å². The van der Waals surface area contributed by atoms with Crippen molar-refractivity contribution < 1.29 is 9.59 Å². The minimum absolute atomic E-state index is 0.0195. The summed E-state index contributed by atoms with van der Waals surface area (Å²) < 4.78 is 0. The quantitative estimate of drug-likeness (QED) is 0.254. The number of piperazine rings is 1. The van der Waals surface area contributed by atoms with Crippen molar-refractivity contribution in [3.63, 3.8) is 0 Å². The van der Waals surface area contributed by atoms with Gasteiger partial charge in [-0.15, -0.1) is 0 Å². The number of nitrogens with zero attached hydrogens (tertiary/aromatic N) is 1. The van der Waals surface area contributed by atoms with Gasteiger partial charge in [0.05, 0.1) is 6.04 Å². The van der Waals surface area contributed by atoms with Gasteiger partial charge in [0, 0.05) is 19.5 Å². The number of carbonyl (C=O) groups excluding carboxylic acids is 2. The molecule has 6 heteroatoms. The first-order valence-electron chi connectivity index (χ1n) is 6.70. The smallest absolute Gasteiger partial charge is 0.237 e. The summed E-state index contributed by atoms with van der Waals surface area (Å²) in [6.07, 6.45) is 4.18. The van der Waals surface area contributed by atoms with Crippen LogP contribution in [0.1, 0.15) is 39.0 Å². The van der Waals surface area contributed by atoms with E-state index in [0.717, 1.165) is 45.3 Å². The predicted octanol–water partition coefficient (Wildman–Crippen LogP) is -0.253. The number of nitrogens with one attached hydrogen (secondary N) is 2. The van der Waals surface area contributed by atoms with E-state index in [1.807, 2.05) is 6.92 Å². The Morgan fingerprint density at radius 2 is 2.28 bits per heavy atom. The van der Waals surface area contributed by atoms with Crippen LogP contribution in [0.4, 0.5) is 0 Å². The molecule has 1 saturated heterocycles. The van der Waals surface area contributed by atoms with Gasteiger partial charge in [0.25, 0.3) is 0 Å². The van der Waals surface area contributed by atoms with E-state index in [1.54, 1.807) is 0 Å². The summed E-state index contributed by atoms with van der Waals surface area (Å²) in [6.45, 7) is 4.63. The first-order chi connectivity index (χ1) is 8.69. The fraction of sp³-hybridized carbons (Fsp3) is 0.833. The molecule has 1 rings (SSSR count). The topological polar surface area (TPSA) is 87.5 Å². The molecule has 6 nitrogen and oxygen atoms in total. The second-order valence-electron chi connectivity index (χ2n) is 4.63. The van der Waals surface area contributed by atoms with E-state index in [-0.39, 0.29) is 17.9 Å². The summed E-state index contributed by atoms with van der Waals surface area (Å²) >= 11 is 0. The third-order valence-corrected chi connectivity index (χ3v) is 3.34. The molecule has 1 unspecified atom stereocenters. The molecule has 0 aromatic rings. The van der Waals surface area contributed by atoms with Crippen molar-refractivity contribution in [1.29, 1.82) is 0 Å². The van der Waals surface area contributed by atoms with Gasteiger partial charge in [-0.3, -0.25) is 19.9 Å². The number of nitrogens with two attached hydrogens (primary N) is 1. The minimum Gasteiger partial charge on any atom is -0.353 e. The summed E-state index contributed by atoms with van der Waals surface area (Å²) in [4.78, 5) is 24.8. The molecule has 104 valence electrons. The van der Waals surface area contributed by atoms with Gasteiger partial charge >= 0.3 is 0 Å². The SMILES string of the molecule is CCC1C(=O)NCCN1CCCCCC(=O)NN. The van der Waals surface area contributed by atoms with E-state index in [1.165, 1.54) is 0 Å². The minimum atomic E-state index is -0.112. The number of rotatable bonds is 7. The van der Waals surface area contributed by atoms with Gasteiger partial charge in [0.2, 0.25) is 11.8 Å². The Labute approximate surface area is 108 Å². The van der Waals surface area contributed by atoms with Gasteiger partial charge in [-0.1, -0.05) is 13.3 Å². The molecule has 1 fully saturated rings. The van der Waals surface area contributed by atoms with E-state index < -0.39 is 0 Å². The van der Waals surface area contributed by atoms with Crippen LogP contribution < -0.4 is 16.6 Å². The lowest BCUT2D eigenvalue weighted by molar-refractivity contribution is -0.129.